The summed E-state index contributed by atoms with van der Waals surface area (Å²) in [6.45, 7) is 5.85. The third-order valence-corrected chi connectivity index (χ3v) is 7.53. The van der Waals surface area contributed by atoms with Crippen molar-refractivity contribution in [3.05, 3.63) is 29.0 Å². The highest BCUT2D eigenvalue weighted by Gasteiger charge is 2.32. The summed E-state index contributed by atoms with van der Waals surface area (Å²) in [4.78, 5) is 12.8. The molecule has 160 valence electrons. The average Bonchev–Trinajstić information content (AvgIpc) is 3.06. The Morgan fingerprint density at radius 1 is 1.38 bits per heavy atom. The molecular formula is C17H22ClFN4O3S3. The molecule has 0 saturated heterocycles. The van der Waals surface area contributed by atoms with Crippen LogP contribution in [0.4, 0.5) is 15.2 Å². The molecule has 2 aromatic rings. The van der Waals surface area contributed by atoms with Gasteiger partial charge in [0.2, 0.25) is 21.1 Å². The first-order valence-electron chi connectivity index (χ1n) is 8.74. The molecule has 0 unspecified atom stereocenters. The van der Waals surface area contributed by atoms with Crippen LogP contribution in [0.15, 0.2) is 22.5 Å². The zero-order chi connectivity index (χ0) is 21.8. The Balaban J connectivity index is 2.25. The number of nitrogens with one attached hydrogen (secondary N) is 1. The lowest BCUT2D eigenvalue weighted by Crippen LogP contribution is -2.47. The molecule has 0 radical (unpaired) electrons. The van der Waals surface area contributed by atoms with Crippen LogP contribution in [0, 0.1) is 11.7 Å². The van der Waals surface area contributed by atoms with Gasteiger partial charge in [-0.2, -0.15) is 0 Å². The molecule has 1 amide bonds. The van der Waals surface area contributed by atoms with Crippen molar-refractivity contribution >= 4 is 61.4 Å². The van der Waals surface area contributed by atoms with Crippen molar-refractivity contribution in [2.45, 2.75) is 37.6 Å². The van der Waals surface area contributed by atoms with Gasteiger partial charge in [-0.3, -0.25) is 14.4 Å². The largest absolute Gasteiger partial charge is 0.299 e. The summed E-state index contributed by atoms with van der Waals surface area (Å²) in [6, 6.07) is 2.44. The van der Waals surface area contributed by atoms with Gasteiger partial charge in [0.15, 0.2) is 4.34 Å². The summed E-state index contributed by atoms with van der Waals surface area (Å²) in [5.74, 6) is 0.113. The first kappa shape index (κ1) is 23.8. The maximum atomic E-state index is 13.5. The Hall–Kier alpha value is -1.43. The van der Waals surface area contributed by atoms with Crippen molar-refractivity contribution in [2.75, 3.05) is 21.6 Å². The highest BCUT2D eigenvalue weighted by atomic mass is 35.5. The Bertz CT molecular complexity index is 969. The fraction of sp³-hybridized carbons (Fsp3) is 0.471. The number of carbonyl (C=O) groups is 1. The molecule has 1 N–H and O–H groups in total. The minimum absolute atomic E-state index is 0.103. The van der Waals surface area contributed by atoms with Gasteiger partial charge in [0.1, 0.15) is 11.9 Å². The van der Waals surface area contributed by atoms with E-state index >= 15 is 0 Å². The maximum absolute atomic E-state index is 13.5. The van der Waals surface area contributed by atoms with Gasteiger partial charge in [-0.25, -0.2) is 12.8 Å². The maximum Gasteiger partial charge on any atom is 0.250 e. The summed E-state index contributed by atoms with van der Waals surface area (Å²) in [5.41, 5.74) is 0.103. The van der Waals surface area contributed by atoms with Gasteiger partial charge in [-0.1, -0.05) is 55.5 Å². The van der Waals surface area contributed by atoms with E-state index < -0.39 is 27.8 Å². The fourth-order valence-electron chi connectivity index (χ4n) is 2.43. The normalized spacial score (nSPS) is 12.8. The van der Waals surface area contributed by atoms with Crippen LogP contribution in [0.2, 0.25) is 5.02 Å². The lowest BCUT2D eigenvalue weighted by Gasteiger charge is -2.29. The van der Waals surface area contributed by atoms with Gasteiger partial charge in [-0.05, 0) is 30.5 Å². The van der Waals surface area contributed by atoms with E-state index in [1.165, 1.54) is 35.2 Å². The zero-order valence-corrected chi connectivity index (χ0v) is 19.6. The van der Waals surface area contributed by atoms with Crippen LogP contribution in [-0.4, -0.2) is 42.6 Å². The molecule has 0 aliphatic heterocycles. The molecule has 0 fully saturated rings. The second kappa shape index (κ2) is 10.1. The quantitative estimate of drug-likeness (QED) is 0.425. The second-order valence-electron chi connectivity index (χ2n) is 6.65. The summed E-state index contributed by atoms with van der Waals surface area (Å²) < 4.78 is 40.0. The first-order chi connectivity index (χ1) is 13.5. The molecule has 1 aromatic carbocycles. The Morgan fingerprint density at radius 2 is 2.07 bits per heavy atom. The van der Waals surface area contributed by atoms with Crippen molar-refractivity contribution in [2.24, 2.45) is 5.92 Å². The molecular weight excluding hydrogens is 459 g/mol. The van der Waals surface area contributed by atoms with Crippen LogP contribution < -0.4 is 9.62 Å². The zero-order valence-electron chi connectivity index (χ0n) is 16.3. The van der Waals surface area contributed by atoms with Crippen molar-refractivity contribution in [1.82, 2.24) is 10.2 Å². The topological polar surface area (TPSA) is 92.3 Å². The Labute approximate surface area is 183 Å². The highest BCUT2D eigenvalue weighted by molar-refractivity contribution is 8.01. The van der Waals surface area contributed by atoms with Gasteiger partial charge in [0.05, 0.1) is 17.0 Å². The van der Waals surface area contributed by atoms with Gasteiger partial charge in [0.25, 0.3) is 0 Å². The van der Waals surface area contributed by atoms with Crippen molar-refractivity contribution in [1.29, 1.82) is 0 Å². The molecule has 0 spiro atoms. The lowest BCUT2D eigenvalue weighted by molar-refractivity contribution is -0.117. The van der Waals surface area contributed by atoms with E-state index in [4.69, 9.17) is 11.6 Å². The number of aromatic nitrogens is 2. The molecule has 1 heterocycles. The SMILES string of the molecule is CC[C@@H](C(=O)Nc1nnc(SCC(C)C)s1)N(c1ccc(F)c(Cl)c1)S(C)(=O)=O. The average molecular weight is 481 g/mol. The van der Waals surface area contributed by atoms with Crippen LogP contribution in [0.1, 0.15) is 27.2 Å². The predicted octanol–water partition coefficient (Wildman–Crippen LogP) is 4.26. The third kappa shape index (κ3) is 6.53. The van der Waals surface area contributed by atoms with E-state index in [0.717, 1.165) is 22.4 Å². The van der Waals surface area contributed by atoms with Gasteiger partial charge in [-0.15, -0.1) is 10.2 Å². The number of amides is 1. The summed E-state index contributed by atoms with van der Waals surface area (Å²) in [6.07, 6.45) is 1.16. The molecule has 0 saturated carbocycles. The third-order valence-electron chi connectivity index (χ3n) is 3.66. The van der Waals surface area contributed by atoms with Crippen molar-refractivity contribution in [3.8, 4) is 0 Å². The van der Waals surface area contributed by atoms with E-state index in [1.807, 2.05) is 0 Å². The summed E-state index contributed by atoms with van der Waals surface area (Å²) >= 11 is 8.56. The Morgan fingerprint density at radius 3 is 2.62 bits per heavy atom. The molecule has 12 heteroatoms. The molecule has 2 rings (SSSR count). The number of anilines is 2. The van der Waals surface area contributed by atoms with E-state index in [0.29, 0.717) is 10.3 Å². The first-order valence-corrected chi connectivity index (χ1v) is 12.8. The van der Waals surface area contributed by atoms with Crippen LogP contribution in [-0.2, 0) is 14.8 Å². The number of thioether (sulfide) groups is 1. The minimum atomic E-state index is -3.85. The van der Waals surface area contributed by atoms with Crippen LogP contribution in [0.3, 0.4) is 0 Å². The second-order valence-corrected chi connectivity index (χ2v) is 11.2. The summed E-state index contributed by atoms with van der Waals surface area (Å²) in [7, 11) is -3.85. The van der Waals surface area contributed by atoms with E-state index in [2.05, 4.69) is 29.4 Å². The number of carbonyl (C=O) groups excluding carboxylic acids is 1. The fourth-order valence-corrected chi connectivity index (χ4v) is 5.54. The van der Waals surface area contributed by atoms with Crippen molar-refractivity contribution in [3.63, 3.8) is 0 Å². The minimum Gasteiger partial charge on any atom is -0.299 e. The molecule has 7 nitrogen and oxygen atoms in total. The van der Waals surface area contributed by atoms with Gasteiger partial charge >= 0.3 is 0 Å². The number of rotatable bonds is 9. The standard InChI is InChI=1S/C17H22ClFN4O3S3/c1-5-14(15(24)20-16-21-22-17(28-16)27-9-10(2)3)23(29(4,25)26)11-6-7-13(19)12(18)8-11/h6-8,10,14H,5,9H2,1-4H3,(H,20,21,24)/t14-/m0/s1. The Kier molecular flexibility index (Phi) is 8.27. The number of nitrogens with zero attached hydrogens (tertiary/aromatic N) is 3. The summed E-state index contributed by atoms with van der Waals surface area (Å²) in [5, 5.41) is 10.7. The molecule has 1 aromatic heterocycles. The van der Waals surface area contributed by atoms with Gasteiger partial charge < -0.3 is 0 Å². The van der Waals surface area contributed by atoms with E-state index in [9.17, 15) is 17.6 Å². The van der Waals surface area contributed by atoms with Crippen LogP contribution in [0.5, 0.6) is 0 Å². The molecule has 0 aliphatic carbocycles. The van der Waals surface area contributed by atoms with E-state index in [-0.39, 0.29) is 22.3 Å². The number of halogens is 2. The molecule has 0 aliphatic rings. The molecule has 29 heavy (non-hydrogen) atoms. The number of hydrogen-bond donors (Lipinski definition) is 1. The number of hydrogen-bond acceptors (Lipinski definition) is 7. The lowest BCUT2D eigenvalue weighted by atomic mass is 10.2. The molecule has 1 atom stereocenters. The number of sulfonamides is 1. The highest BCUT2D eigenvalue weighted by Crippen LogP contribution is 2.29. The van der Waals surface area contributed by atoms with Crippen molar-refractivity contribution < 1.29 is 17.6 Å². The predicted molar refractivity (Wildman–Crippen MR) is 117 cm³/mol. The smallest absolute Gasteiger partial charge is 0.250 e. The monoisotopic (exact) mass is 480 g/mol. The van der Waals surface area contributed by atoms with Gasteiger partial charge in [0, 0.05) is 5.75 Å². The van der Waals surface area contributed by atoms with E-state index in [1.54, 1.807) is 6.92 Å². The molecule has 0 bridgehead atoms. The van der Waals surface area contributed by atoms with Crippen LogP contribution >= 0.6 is 34.7 Å². The van der Waals surface area contributed by atoms with Crippen LogP contribution in [0.25, 0.3) is 0 Å². The number of benzene rings is 1.